The Morgan fingerprint density at radius 3 is 3.06 bits per heavy atom. The minimum absolute atomic E-state index is 0.148. The van der Waals surface area contributed by atoms with Crippen LogP contribution in [0.5, 0.6) is 0 Å². The molecule has 2 atom stereocenters. The lowest BCUT2D eigenvalue weighted by atomic mass is 10.0. The van der Waals surface area contributed by atoms with Crippen LogP contribution in [0, 0.1) is 5.82 Å². The van der Waals surface area contributed by atoms with Gasteiger partial charge in [-0.25, -0.2) is 4.39 Å². The van der Waals surface area contributed by atoms with Crippen LogP contribution in [0.4, 0.5) is 4.39 Å². The molecule has 0 spiro atoms. The maximum atomic E-state index is 13.1. The van der Waals surface area contributed by atoms with Gasteiger partial charge in [-0.15, -0.1) is 0 Å². The Morgan fingerprint density at radius 1 is 1.53 bits per heavy atom. The summed E-state index contributed by atoms with van der Waals surface area (Å²) < 4.78 is 13.1. The Balaban J connectivity index is 1.94. The van der Waals surface area contributed by atoms with Gasteiger partial charge in [0.05, 0.1) is 0 Å². The van der Waals surface area contributed by atoms with Gasteiger partial charge >= 0.3 is 0 Å². The Labute approximate surface area is 103 Å². The van der Waals surface area contributed by atoms with E-state index >= 15 is 0 Å². The molecule has 1 heterocycles. The molecule has 1 aliphatic rings. The monoisotopic (exact) mass is 236 g/mol. The van der Waals surface area contributed by atoms with Crippen molar-refractivity contribution in [1.29, 1.82) is 0 Å². The summed E-state index contributed by atoms with van der Waals surface area (Å²) in [7, 11) is 0. The van der Waals surface area contributed by atoms with Gasteiger partial charge < -0.3 is 5.73 Å². The molecule has 1 aliphatic heterocycles. The fourth-order valence-corrected chi connectivity index (χ4v) is 2.57. The SMILES string of the molecule is CC(Cc1cccc(F)c1)N1CCCC(N)C1. The van der Waals surface area contributed by atoms with Crippen molar-refractivity contribution in [3.63, 3.8) is 0 Å². The number of nitrogens with zero attached hydrogens (tertiary/aromatic N) is 1. The third kappa shape index (κ3) is 3.51. The van der Waals surface area contributed by atoms with Gasteiger partial charge in [-0.1, -0.05) is 12.1 Å². The maximum Gasteiger partial charge on any atom is 0.123 e. The molecule has 0 aromatic heterocycles. The maximum absolute atomic E-state index is 13.1. The van der Waals surface area contributed by atoms with Gasteiger partial charge in [0.15, 0.2) is 0 Å². The molecule has 0 radical (unpaired) electrons. The highest BCUT2D eigenvalue weighted by Gasteiger charge is 2.21. The molecule has 94 valence electrons. The Kier molecular flexibility index (Phi) is 4.13. The van der Waals surface area contributed by atoms with Crippen molar-refractivity contribution in [1.82, 2.24) is 4.90 Å². The third-order valence-electron chi connectivity index (χ3n) is 3.53. The van der Waals surface area contributed by atoms with Crippen LogP contribution < -0.4 is 5.73 Å². The lowest BCUT2D eigenvalue weighted by molar-refractivity contribution is 0.158. The van der Waals surface area contributed by atoms with Crippen LogP contribution in [0.2, 0.25) is 0 Å². The fraction of sp³-hybridized carbons (Fsp3) is 0.571. The summed E-state index contributed by atoms with van der Waals surface area (Å²) in [6.45, 7) is 4.28. The molecular formula is C14H21FN2. The minimum Gasteiger partial charge on any atom is -0.327 e. The van der Waals surface area contributed by atoms with E-state index in [2.05, 4.69) is 11.8 Å². The van der Waals surface area contributed by atoms with Gasteiger partial charge in [0.25, 0.3) is 0 Å². The molecule has 2 unspecified atom stereocenters. The van der Waals surface area contributed by atoms with E-state index in [1.165, 1.54) is 12.5 Å². The summed E-state index contributed by atoms with van der Waals surface area (Å²) in [6, 6.07) is 7.62. The van der Waals surface area contributed by atoms with Crippen LogP contribution in [-0.2, 0) is 6.42 Å². The van der Waals surface area contributed by atoms with Gasteiger partial charge in [0, 0.05) is 18.6 Å². The standard InChI is InChI=1S/C14H21FN2/c1-11(17-7-3-6-14(16)10-17)8-12-4-2-5-13(15)9-12/h2,4-5,9,11,14H,3,6-8,10,16H2,1H3. The van der Waals surface area contributed by atoms with E-state index < -0.39 is 0 Å². The van der Waals surface area contributed by atoms with Gasteiger partial charge in [-0.05, 0) is 50.4 Å². The Morgan fingerprint density at radius 2 is 2.35 bits per heavy atom. The van der Waals surface area contributed by atoms with Crippen molar-refractivity contribution >= 4 is 0 Å². The average Bonchev–Trinajstić information content (AvgIpc) is 2.29. The number of halogens is 1. The first-order valence-corrected chi connectivity index (χ1v) is 6.39. The van der Waals surface area contributed by atoms with E-state index in [1.54, 1.807) is 12.1 Å². The number of rotatable bonds is 3. The first-order valence-electron chi connectivity index (χ1n) is 6.39. The van der Waals surface area contributed by atoms with Gasteiger partial charge in [0.2, 0.25) is 0 Å². The summed E-state index contributed by atoms with van der Waals surface area (Å²) in [5.41, 5.74) is 7.05. The van der Waals surface area contributed by atoms with E-state index in [1.807, 2.05) is 6.07 Å². The topological polar surface area (TPSA) is 29.3 Å². The van der Waals surface area contributed by atoms with E-state index in [9.17, 15) is 4.39 Å². The van der Waals surface area contributed by atoms with Crippen LogP contribution in [-0.4, -0.2) is 30.1 Å². The molecular weight excluding hydrogens is 215 g/mol. The minimum atomic E-state index is -0.148. The van der Waals surface area contributed by atoms with E-state index in [0.717, 1.165) is 31.5 Å². The van der Waals surface area contributed by atoms with Crippen LogP contribution in [0.25, 0.3) is 0 Å². The number of piperidine rings is 1. The van der Waals surface area contributed by atoms with Gasteiger partial charge in [-0.2, -0.15) is 0 Å². The molecule has 0 amide bonds. The number of hydrogen-bond donors (Lipinski definition) is 1. The van der Waals surface area contributed by atoms with Crippen LogP contribution in [0.15, 0.2) is 24.3 Å². The molecule has 2 N–H and O–H groups in total. The van der Waals surface area contributed by atoms with Crippen LogP contribution in [0.3, 0.4) is 0 Å². The zero-order valence-electron chi connectivity index (χ0n) is 10.4. The van der Waals surface area contributed by atoms with Crippen molar-refractivity contribution in [2.75, 3.05) is 13.1 Å². The quantitative estimate of drug-likeness (QED) is 0.871. The van der Waals surface area contributed by atoms with Crippen molar-refractivity contribution in [2.24, 2.45) is 5.73 Å². The van der Waals surface area contributed by atoms with Crippen molar-refractivity contribution < 1.29 is 4.39 Å². The van der Waals surface area contributed by atoms with Gasteiger partial charge in [-0.3, -0.25) is 4.90 Å². The largest absolute Gasteiger partial charge is 0.327 e. The smallest absolute Gasteiger partial charge is 0.123 e. The highest BCUT2D eigenvalue weighted by Crippen LogP contribution is 2.15. The van der Waals surface area contributed by atoms with Crippen LogP contribution >= 0.6 is 0 Å². The third-order valence-corrected chi connectivity index (χ3v) is 3.53. The zero-order valence-corrected chi connectivity index (χ0v) is 10.4. The predicted molar refractivity (Wildman–Crippen MR) is 68.3 cm³/mol. The van der Waals surface area contributed by atoms with Crippen molar-refractivity contribution in [2.45, 2.75) is 38.3 Å². The summed E-state index contributed by atoms with van der Waals surface area (Å²) in [5, 5.41) is 0. The van der Waals surface area contributed by atoms with E-state index in [4.69, 9.17) is 5.73 Å². The number of likely N-dealkylation sites (tertiary alicyclic amines) is 1. The first-order chi connectivity index (χ1) is 8.15. The first kappa shape index (κ1) is 12.5. The molecule has 0 saturated carbocycles. The second-order valence-corrected chi connectivity index (χ2v) is 5.08. The van der Waals surface area contributed by atoms with Crippen molar-refractivity contribution in [3.05, 3.63) is 35.6 Å². The lowest BCUT2D eigenvalue weighted by Gasteiger charge is -2.35. The van der Waals surface area contributed by atoms with E-state index in [0.29, 0.717) is 12.1 Å². The van der Waals surface area contributed by atoms with E-state index in [-0.39, 0.29) is 5.82 Å². The number of nitrogens with two attached hydrogens (primary N) is 1. The lowest BCUT2D eigenvalue weighted by Crippen LogP contribution is -2.47. The average molecular weight is 236 g/mol. The Hall–Kier alpha value is -0.930. The molecule has 2 nitrogen and oxygen atoms in total. The second-order valence-electron chi connectivity index (χ2n) is 5.08. The molecule has 1 aromatic carbocycles. The zero-order chi connectivity index (χ0) is 12.3. The van der Waals surface area contributed by atoms with Gasteiger partial charge in [0.1, 0.15) is 5.82 Å². The fourth-order valence-electron chi connectivity index (χ4n) is 2.57. The molecule has 1 saturated heterocycles. The Bertz CT molecular complexity index is 367. The molecule has 0 aliphatic carbocycles. The molecule has 1 aromatic rings. The summed E-state index contributed by atoms with van der Waals surface area (Å²) in [5.74, 6) is -0.148. The summed E-state index contributed by atoms with van der Waals surface area (Å²) >= 11 is 0. The highest BCUT2D eigenvalue weighted by molar-refractivity contribution is 5.17. The predicted octanol–water partition coefficient (Wildman–Crippen LogP) is 2.18. The summed E-state index contributed by atoms with van der Waals surface area (Å²) in [4.78, 5) is 2.42. The van der Waals surface area contributed by atoms with Crippen LogP contribution in [0.1, 0.15) is 25.3 Å². The molecule has 2 rings (SSSR count). The number of hydrogen-bond acceptors (Lipinski definition) is 2. The molecule has 17 heavy (non-hydrogen) atoms. The normalized spacial score (nSPS) is 23.6. The highest BCUT2D eigenvalue weighted by atomic mass is 19.1. The molecule has 1 fully saturated rings. The van der Waals surface area contributed by atoms with Crippen molar-refractivity contribution in [3.8, 4) is 0 Å². The summed E-state index contributed by atoms with van der Waals surface area (Å²) in [6.07, 6.45) is 3.20. The molecule has 3 heteroatoms. The molecule has 0 bridgehead atoms. The number of benzene rings is 1. The second kappa shape index (κ2) is 5.61.